The van der Waals surface area contributed by atoms with Crippen LogP contribution in [-0.2, 0) is 15.5 Å². The normalized spacial score (nSPS) is 11.5. The molecule has 0 aliphatic rings. The Labute approximate surface area is 96.9 Å². The van der Waals surface area contributed by atoms with Crippen molar-refractivity contribution in [1.82, 2.24) is 4.98 Å². The largest absolute Gasteiger partial charge is 0.360 e. The zero-order chi connectivity index (χ0) is 11.8. The van der Waals surface area contributed by atoms with Crippen LogP contribution in [0.1, 0.15) is 5.56 Å². The van der Waals surface area contributed by atoms with Gasteiger partial charge in [0.05, 0.1) is 12.5 Å². The molecule has 6 heteroatoms. The van der Waals surface area contributed by atoms with Gasteiger partial charge in [0.2, 0.25) is 0 Å². The van der Waals surface area contributed by atoms with Crippen molar-refractivity contribution in [2.24, 2.45) is 0 Å². The lowest BCUT2D eigenvalue weighted by molar-refractivity contribution is 0.610. The van der Waals surface area contributed by atoms with Gasteiger partial charge >= 0.3 is 0 Å². The first-order valence-corrected chi connectivity index (χ1v) is 6.75. The zero-order valence-corrected chi connectivity index (χ0v) is 9.64. The molecule has 82 valence electrons. The summed E-state index contributed by atoms with van der Waals surface area (Å²) in [6, 6.07) is 7.13. The van der Waals surface area contributed by atoms with Gasteiger partial charge in [0.15, 0.2) is 0 Å². The van der Waals surface area contributed by atoms with Gasteiger partial charge in [-0.05, 0) is 11.6 Å². The van der Waals surface area contributed by atoms with Crippen molar-refractivity contribution in [2.45, 2.75) is 11.3 Å². The number of nitriles is 1. The Hall–Kier alpha value is -1.51. The number of H-pyrrole nitrogens is 1. The molecule has 0 unspecified atom stereocenters. The van der Waals surface area contributed by atoms with Crippen LogP contribution in [0.2, 0.25) is 0 Å². The summed E-state index contributed by atoms with van der Waals surface area (Å²) in [5.41, 5.74) is 1.49. The fraction of sp³-hybridized carbons (Fsp3) is 0.100. The summed E-state index contributed by atoms with van der Waals surface area (Å²) in [5.74, 6) is 0. The highest BCUT2D eigenvalue weighted by molar-refractivity contribution is 8.14. The van der Waals surface area contributed by atoms with Gasteiger partial charge in [-0.25, -0.2) is 8.42 Å². The highest BCUT2D eigenvalue weighted by Crippen LogP contribution is 2.26. The molecule has 1 aromatic heterocycles. The molecule has 0 radical (unpaired) electrons. The molecule has 0 amide bonds. The maximum absolute atomic E-state index is 11.2. The fourth-order valence-corrected chi connectivity index (χ4v) is 2.57. The van der Waals surface area contributed by atoms with Crippen LogP contribution in [-0.4, -0.2) is 13.4 Å². The molecule has 4 nitrogen and oxygen atoms in total. The van der Waals surface area contributed by atoms with E-state index in [1.54, 1.807) is 18.2 Å². The maximum atomic E-state index is 11.2. The smallest absolute Gasteiger partial charge is 0.263 e. The van der Waals surface area contributed by atoms with Crippen molar-refractivity contribution in [3.05, 3.63) is 30.0 Å². The summed E-state index contributed by atoms with van der Waals surface area (Å²) in [5, 5.41) is 9.09. The number of halogens is 1. The molecule has 0 atom stereocenters. The number of fused-ring (bicyclic) bond motifs is 1. The lowest BCUT2D eigenvalue weighted by Crippen LogP contribution is -1.88. The fourth-order valence-electron chi connectivity index (χ4n) is 1.55. The summed E-state index contributed by atoms with van der Waals surface area (Å²) in [7, 11) is 1.54. The first-order valence-electron chi connectivity index (χ1n) is 4.44. The third-order valence-electron chi connectivity index (χ3n) is 2.25. The summed E-state index contributed by atoms with van der Waals surface area (Å²) in [4.78, 5) is 2.88. The van der Waals surface area contributed by atoms with Crippen LogP contribution in [0.25, 0.3) is 10.9 Å². The topological polar surface area (TPSA) is 73.7 Å². The SMILES string of the molecule is N#CCc1ccc2c(S(=O)(=O)Cl)c[nH]c2c1. The lowest BCUT2D eigenvalue weighted by atomic mass is 10.1. The molecule has 0 spiro atoms. The van der Waals surface area contributed by atoms with Crippen LogP contribution in [0.4, 0.5) is 0 Å². The molecule has 0 bridgehead atoms. The van der Waals surface area contributed by atoms with E-state index in [9.17, 15) is 8.42 Å². The second-order valence-corrected chi connectivity index (χ2v) is 5.84. The summed E-state index contributed by atoms with van der Waals surface area (Å²) < 4.78 is 22.4. The van der Waals surface area contributed by atoms with Gasteiger partial charge in [-0.15, -0.1) is 0 Å². The number of hydrogen-bond acceptors (Lipinski definition) is 3. The number of aromatic nitrogens is 1. The molecular formula is C10H7ClN2O2S. The van der Waals surface area contributed by atoms with Gasteiger partial charge < -0.3 is 4.98 Å². The van der Waals surface area contributed by atoms with Crippen LogP contribution in [0.5, 0.6) is 0 Å². The van der Waals surface area contributed by atoms with Crippen LogP contribution in [0.3, 0.4) is 0 Å². The second kappa shape index (κ2) is 3.81. The Morgan fingerprint density at radius 1 is 1.44 bits per heavy atom. The Kier molecular flexibility index (Phi) is 2.62. The number of hydrogen-bond donors (Lipinski definition) is 1. The molecule has 0 aliphatic carbocycles. The average molecular weight is 255 g/mol. The number of nitrogens with one attached hydrogen (secondary N) is 1. The van der Waals surface area contributed by atoms with E-state index in [0.29, 0.717) is 10.9 Å². The van der Waals surface area contributed by atoms with Gasteiger partial charge in [0, 0.05) is 27.8 Å². The maximum Gasteiger partial charge on any atom is 0.263 e. The molecule has 2 aromatic rings. The Morgan fingerprint density at radius 2 is 2.19 bits per heavy atom. The predicted molar refractivity (Wildman–Crippen MR) is 60.7 cm³/mol. The van der Waals surface area contributed by atoms with Gasteiger partial charge in [0.25, 0.3) is 9.05 Å². The van der Waals surface area contributed by atoms with E-state index < -0.39 is 9.05 Å². The Morgan fingerprint density at radius 3 is 2.81 bits per heavy atom. The highest BCUT2D eigenvalue weighted by Gasteiger charge is 2.15. The minimum atomic E-state index is -3.74. The predicted octanol–water partition coefficient (Wildman–Crippen LogP) is 2.16. The van der Waals surface area contributed by atoms with Gasteiger partial charge in [0.1, 0.15) is 4.90 Å². The van der Waals surface area contributed by atoms with Crippen molar-refractivity contribution in [3.8, 4) is 6.07 Å². The Bertz CT molecular complexity index is 682. The average Bonchev–Trinajstić information content (AvgIpc) is 2.60. The number of aromatic amines is 1. The zero-order valence-electron chi connectivity index (χ0n) is 8.07. The molecule has 0 fully saturated rings. The van der Waals surface area contributed by atoms with E-state index in [2.05, 4.69) is 4.98 Å². The molecule has 1 aromatic carbocycles. The summed E-state index contributed by atoms with van der Waals surface area (Å²) in [6.07, 6.45) is 1.64. The molecule has 16 heavy (non-hydrogen) atoms. The summed E-state index contributed by atoms with van der Waals surface area (Å²) >= 11 is 0. The quantitative estimate of drug-likeness (QED) is 0.835. The van der Waals surface area contributed by atoms with E-state index in [4.69, 9.17) is 15.9 Å². The van der Waals surface area contributed by atoms with E-state index in [0.717, 1.165) is 5.56 Å². The molecule has 1 heterocycles. The number of benzene rings is 1. The molecule has 0 saturated carbocycles. The van der Waals surface area contributed by atoms with E-state index in [1.807, 2.05) is 6.07 Å². The molecule has 0 saturated heterocycles. The first kappa shape index (κ1) is 11.0. The second-order valence-electron chi connectivity index (χ2n) is 3.31. The Balaban J connectivity index is 2.65. The molecule has 2 rings (SSSR count). The van der Waals surface area contributed by atoms with Crippen molar-refractivity contribution >= 4 is 30.6 Å². The standard InChI is InChI=1S/C10H7ClN2O2S/c11-16(14,15)10-6-13-9-5-7(3-4-12)1-2-8(9)10/h1-2,5-6,13H,3H2. The van der Waals surface area contributed by atoms with Crippen LogP contribution in [0, 0.1) is 11.3 Å². The highest BCUT2D eigenvalue weighted by atomic mass is 35.7. The number of rotatable bonds is 2. The van der Waals surface area contributed by atoms with Crippen molar-refractivity contribution in [1.29, 1.82) is 5.26 Å². The van der Waals surface area contributed by atoms with Crippen LogP contribution < -0.4 is 0 Å². The van der Waals surface area contributed by atoms with Gasteiger partial charge in [-0.3, -0.25) is 0 Å². The van der Waals surface area contributed by atoms with Crippen LogP contribution >= 0.6 is 10.7 Å². The molecule has 1 N–H and O–H groups in total. The van der Waals surface area contributed by atoms with Crippen molar-refractivity contribution in [2.75, 3.05) is 0 Å². The third kappa shape index (κ3) is 1.90. The van der Waals surface area contributed by atoms with E-state index in [1.165, 1.54) is 6.20 Å². The van der Waals surface area contributed by atoms with Crippen molar-refractivity contribution < 1.29 is 8.42 Å². The van der Waals surface area contributed by atoms with Gasteiger partial charge in [-0.2, -0.15) is 5.26 Å². The first-order chi connectivity index (χ1) is 7.52. The minimum Gasteiger partial charge on any atom is -0.360 e. The van der Waals surface area contributed by atoms with Gasteiger partial charge in [-0.1, -0.05) is 12.1 Å². The third-order valence-corrected chi connectivity index (χ3v) is 3.62. The minimum absolute atomic E-state index is 0.0627. The monoisotopic (exact) mass is 254 g/mol. The molecule has 0 aliphatic heterocycles. The van der Waals surface area contributed by atoms with E-state index >= 15 is 0 Å². The summed E-state index contributed by atoms with van der Waals surface area (Å²) in [6.45, 7) is 0. The molecular weight excluding hydrogens is 248 g/mol. The lowest BCUT2D eigenvalue weighted by Gasteiger charge is -1.96. The number of nitrogens with zero attached hydrogens (tertiary/aromatic N) is 1. The van der Waals surface area contributed by atoms with Crippen LogP contribution in [0.15, 0.2) is 29.3 Å². The van der Waals surface area contributed by atoms with E-state index in [-0.39, 0.29) is 11.3 Å². The van der Waals surface area contributed by atoms with Crippen molar-refractivity contribution in [3.63, 3.8) is 0 Å².